The van der Waals surface area contributed by atoms with Crippen LogP contribution in [0.4, 0.5) is 10.1 Å². The molecule has 0 aliphatic rings. The third kappa shape index (κ3) is 3.01. The maximum absolute atomic E-state index is 13.3. The third-order valence-corrected chi connectivity index (χ3v) is 2.26. The van der Waals surface area contributed by atoms with E-state index in [-0.39, 0.29) is 5.69 Å². The lowest BCUT2D eigenvalue weighted by Gasteiger charge is -2.12. The van der Waals surface area contributed by atoms with Crippen LogP contribution in [0.15, 0.2) is 18.2 Å². The van der Waals surface area contributed by atoms with Crippen LogP contribution in [0.25, 0.3) is 0 Å². The summed E-state index contributed by atoms with van der Waals surface area (Å²) in [6.45, 7) is 1.72. The Morgan fingerprint density at radius 3 is 2.71 bits per heavy atom. The van der Waals surface area contributed by atoms with Gasteiger partial charge in [-0.05, 0) is 18.6 Å². The summed E-state index contributed by atoms with van der Waals surface area (Å²) >= 11 is 0. The molecule has 0 aliphatic heterocycles. The Kier molecular flexibility index (Phi) is 4.17. The lowest BCUT2D eigenvalue weighted by molar-refractivity contribution is -0.117. The maximum Gasteiger partial charge on any atom is 0.340 e. The van der Waals surface area contributed by atoms with E-state index in [4.69, 9.17) is 10.8 Å². The summed E-state index contributed by atoms with van der Waals surface area (Å²) in [6, 6.07) is 2.89. The molecular formula is C11H13FN2O3. The minimum atomic E-state index is -1.44. The van der Waals surface area contributed by atoms with Gasteiger partial charge in [-0.15, -0.1) is 0 Å². The fourth-order valence-electron chi connectivity index (χ4n) is 1.26. The maximum atomic E-state index is 13.3. The van der Waals surface area contributed by atoms with E-state index in [9.17, 15) is 14.0 Å². The number of amides is 1. The highest BCUT2D eigenvalue weighted by atomic mass is 19.1. The zero-order valence-electron chi connectivity index (χ0n) is 9.24. The van der Waals surface area contributed by atoms with E-state index in [2.05, 4.69) is 5.32 Å². The molecule has 0 aliphatic carbocycles. The number of hydrogen-bond acceptors (Lipinski definition) is 3. The molecule has 92 valence electrons. The molecule has 5 nitrogen and oxygen atoms in total. The Balaban J connectivity index is 3.03. The second-order valence-corrected chi connectivity index (χ2v) is 3.47. The molecule has 0 saturated carbocycles. The van der Waals surface area contributed by atoms with Gasteiger partial charge in [-0.1, -0.05) is 13.0 Å². The van der Waals surface area contributed by atoms with Gasteiger partial charge in [0.25, 0.3) is 0 Å². The molecule has 0 aromatic heterocycles. The van der Waals surface area contributed by atoms with Crippen LogP contribution in [0.3, 0.4) is 0 Å². The number of benzene rings is 1. The predicted molar refractivity (Wildman–Crippen MR) is 60.3 cm³/mol. The van der Waals surface area contributed by atoms with Gasteiger partial charge in [0.2, 0.25) is 5.91 Å². The second-order valence-electron chi connectivity index (χ2n) is 3.47. The van der Waals surface area contributed by atoms with Gasteiger partial charge in [0, 0.05) is 0 Å². The topological polar surface area (TPSA) is 92.4 Å². The number of carbonyl (C=O) groups excluding carboxylic acids is 1. The fraction of sp³-hybridized carbons (Fsp3) is 0.273. The van der Waals surface area contributed by atoms with Crippen LogP contribution in [0.2, 0.25) is 0 Å². The molecule has 0 radical (unpaired) electrons. The van der Waals surface area contributed by atoms with Crippen molar-refractivity contribution < 1.29 is 19.1 Å². The molecule has 0 saturated heterocycles. The number of anilines is 1. The molecule has 1 amide bonds. The highest BCUT2D eigenvalue weighted by Gasteiger charge is 2.19. The molecule has 4 N–H and O–H groups in total. The van der Waals surface area contributed by atoms with Crippen LogP contribution in [-0.2, 0) is 4.79 Å². The summed E-state index contributed by atoms with van der Waals surface area (Å²) in [5.41, 5.74) is 4.82. The predicted octanol–water partition coefficient (Wildman–Crippen LogP) is 1.20. The molecule has 0 heterocycles. The van der Waals surface area contributed by atoms with E-state index in [0.29, 0.717) is 6.42 Å². The molecule has 1 aromatic rings. The SMILES string of the molecule is CC[C@@H](N)C(=O)Nc1cccc(F)c1C(=O)O. The van der Waals surface area contributed by atoms with Gasteiger partial charge < -0.3 is 16.2 Å². The molecule has 1 atom stereocenters. The van der Waals surface area contributed by atoms with Gasteiger partial charge in [-0.25, -0.2) is 9.18 Å². The van der Waals surface area contributed by atoms with Gasteiger partial charge in [0.1, 0.15) is 11.4 Å². The van der Waals surface area contributed by atoms with E-state index in [0.717, 1.165) is 6.07 Å². The summed E-state index contributed by atoms with van der Waals surface area (Å²) < 4.78 is 13.3. The Morgan fingerprint density at radius 1 is 1.53 bits per heavy atom. The smallest absolute Gasteiger partial charge is 0.340 e. The van der Waals surface area contributed by atoms with E-state index >= 15 is 0 Å². The van der Waals surface area contributed by atoms with E-state index in [1.54, 1.807) is 6.92 Å². The number of carboxylic acids is 1. The van der Waals surface area contributed by atoms with Gasteiger partial charge in [0.05, 0.1) is 11.7 Å². The fourth-order valence-corrected chi connectivity index (χ4v) is 1.26. The molecule has 1 aromatic carbocycles. The largest absolute Gasteiger partial charge is 0.478 e. The van der Waals surface area contributed by atoms with E-state index in [1.165, 1.54) is 12.1 Å². The van der Waals surface area contributed by atoms with Crippen LogP contribution in [0.5, 0.6) is 0 Å². The summed E-state index contributed by atoms with van der Waals surface area (Å²) in [6.07, 6.45) is 0.406. The lowest BCUT2D eigenvalue weighted by Crippen LogP contribution is -2.35. The van der Waals surface area contributed by atoms with Gasteiger partial charge in [-0.2, -0.15) is 0 Å². The van der Waals surface area contributed by atoms with Crippen LogP contribution >= 0.6 is 0 Å². The number of hydrogen-bond donors (Lipinski definition) is 3. The summed E-state index contributed by atoms with van der Waals surface area (Å²) in [5.74, 6) is -2.88. The number of rotatable bonds is 4. The normalized spacial score (nSPS) is 11.9. The molecule has 0 spiro atoms. The summed E-state index contributed by atoms with van der Waals surface area (Å²) in [5, 5.41) is 11.1. The number of carboxylic acid groups (broad SMARTS) is 1. The molecule has 17 heavy (non-hydrogen) atoms. The molecule has 6 heteroatoms. The standard InChI is InChI=1S/C11H13FN2O3/c1-2-7(13)10(15)14-8-5-3-4-6(12)9(8)11(16)17/h3-5,7H,2,13H2,1H3,(H,14,15)(H,16,17)/t7-/m1/s1. The molecular weight excluding hydrogens is 227 g/mol. The van der Waals surface area contributed by atoms with Crippen molar-refractivity contribution in [2.45, 2.75) is 19.4 Å². The Labute approximate surface area is 97.4 Å². The monoisotopic (exact) mass is 240 g/mol. The quantitative estimate of drug-likeness (QED) is 0.737. The van der Waals surface area contributed by atoms with Crippen molar-refractivity contribution in [3.05, 3.63) is 29.6 Å². The van der Waals surface area contributed by atoms with Crippen molar-refractivity contribution in [1.29, 1.82) is 0 Å². The first-order valence-corrected chi connectivity index (χ1v) is 5.05. The van der Waals surface area contributed by atoms with Crippen LogP contribution < -0.4 is 11.1 Å². The number of halogens is 1. The molecule has 0 bridgehead atoms. The van der Waals surface area contributed by atoms with Gasteiger partial charge in [-0.3, -0.25) is 4.79 Å². The van der Waals surface area contributed by atoms with Crippen molar-refractivity contribution >= 4 is 17.6 Å². The highest BCUT2D eigenvalue weighted by Crippen LogP contribution is 2.19. The van der Waals surface area contributed by atoms with Crippen LogP contribution in [0.1, 0.15) is 23.7 Å². The average molecular weight is 240 g/mol. The molecule has 0 fully saturated rings. The molecule has 0 unspecified atom stereocenters. The second kappa shape index (κ2) is 5.40. The zero-order valence-corrected chi connectivity index (χ0v) is 9.24. The number of nitrogens with one attached hydrogen (secondary N) is 1. The number of aromatic carboxylic acids is 1. The summed E-state index contributed by atoms with van der Waals surface area (Å²) in [7, 11) is 0. The number of nitrogens with two attached hydrogens (primary N) is 1. The minimum Gasteiger partial charge on any atom is -0.478 e. The van der Waals surface area contributed by atoms with Crippen molar-refractivity contribution in [1.82, 2.24) is 0 Å². The summed E-state index contributed by atoms with van der Waals surface area (Å²) in [4.78, 5) is 22.3. The Morgan fingerprint density at radius 2 is 2.18 bits per heavy atom. The van der Waals surface area contributed by atoms with Crippen molar-refractivity contribution in [3.63, 3.8) is 0 Å². The Hall–Kier alpha value is -1.95. The van der Waals surface area contributed by atoms with Crippen molar-refractivity contribution in [2.24, 2.45) is 5.73 Å². The van der Waals surface area contributed by atoms with Crippen LogP contribution in [-0.4, -0.2) is 23.0 Å². The van der Waals surface area contributed by atoms with Gasteiger partial charge in [0.15, 0.2) is 0 Å². The Bertz CT molecular complexity index is 448. The van der Waals surface area contributed by atoms with E-state index in [1.807, 2.05) is 0 Å². The van der Waals surface area contributed by atoms with Crippen molar-refractivity contribution in [2.75, 3.05) is 5.32 Å². The first kappa shape index (κ1) is 13.1. The van der Waals surface area contributed by atoms with Crippen molar-refractivity contribution in [3.8, 4) is 0 Å². The number of carbonyl (C=O) groups is 2. The third-order valence-electron chi connectivity index (χ3n) is 2.26. The first-order chi connectivity index (χ1) is 7.97. The minimum absolute atomic E-state index is 0.0913. The first-order valence-electron chi connectivity index (χ1n) is 5.05. The van der Waals surface area contributed by atoms with Crippen LogP contribution in [0, 0.1) is 5.82 Å². The molecule has 1 rings (SSSR count). The zero-order chi connectivity index (χ0) is 13.0. The average Bonchev–Trinajstić information content (AvgIpc) is 2.27. The lowest BCUT2D eigenvalue weighted by atomic mass is 10.1. The highest BCUT2D eigenvalue weighted by molar-refractivity contribution is 6.02. The van der Waals surface area contributed by atoms with Gasteiger partial charge >= 0.3 is 5.97 Å². The van der Waals surface area contributed by atoms with E-state index < -0.39 is 29.3 Å².